The first kappa shape index (κ1) is 12.8. The minimum absolute atomic E-state index is 0.273. The Kier molecular flexibility index (Phi) is 3.72. The minimum atomic E-state index is -0.424. The minimum Gasteiger partial charge on any atom is -0.376 e. The van der Waals surface area contributed by atoms with E-state index in [9.17, 15) is 5.26 Å². The lowest BCUT2D eigenvalue weighted by Crippen LogP contribution is -2.57. The van der Waals surface area contributed by atoms with Gasteiger partial charge in [-0.3, -0.25) is 10.2 Å². The molecule has 4 nitrogen and oxygen atoms in total. The highest BCUT2D eigenvalue weighted by atomic mass is 16.5. The van der Waals surface area contributed by atoms with Crippen molar-refractivity contribution in [1.29, 1.82) is 5.26 Å². The van der Waals surface area contributed by atoms with Crippen molar-refractivity contribution in [1.82, 2.24) is 10.2 Å². The quantitative estimate of drug-likeness (QED) is 0.796. The lowest BCUT2D eigenvalue weighted by Gasteiger charge is -2.40. The summed E-state index contributed by atoms with van der Waals surface area (Å²) in [5, 5.41) is 12.8. The number of nitriles is 1. The van der Waals surface area contributed by atoms with Crippen LogP contribution in [0.15, 0.2) is 0 Å². The predicted octanol–water partition coefficient (Wildman–Crippen LogP) is 1.13. The Hall–Kier alpha value is -0.630. The zero-order chi connectivity index (χ0) is 12.5. The van der Waals surface area contributed by atoms with E-state index in [1.165, 1.54) is 12.8 Å². The average Bonchev–Trinajstić information content (AvgIpc) is 3.07. The lowest BCUT2D eigenvalue weighted by molar-refractivity contribution is -0.0544. The van der Waals surface area contributed by atoms with E-state index < -0.39 is 5.54 Å². The van der Waals surface area contributed by atoms with Crippen LogP contribution < -0.4 is 5.32 Å². The Morgan fingerprint density at radius 1 is 1.47 bits per heavy atom. The van der Waals surface area contributed by atoms with E-state index >= 15 is 0 Å². The molecule has 96 valence electrons. The van der Waals surface area contributed by atoms with Crippen LogP contribution >= 0.6 is 0 Å². The Labute approximate surface area is 104 Å². The van der Waals surface area contributed by atoms with E-state index in [-0.39, 0.29) is 6.10 Å². The van der Waals surface area contributed by atoms with E-state index in [1.54, 1.807) is 0 Å². The molecule has 2 aliphatic rings. The van der Waals surface area contributed by atoms with Crippen LogP contribution in [0.1, 0.15) is 33.6 Å². The molecule has 1 saturated carbocycles. The first-order valence-electron chi connectivity index (χ1n) is 6.57. The molecule has 4 heteroatoms. The fourth-order valence-corrected chi connectivity index (χ4v) is 2.39. The molecular weight excluding hydrogens is 214 g/mol. The normalized spacial score (nSPS) is 34.0. The van der Waals surface area contributed by atoms with Crippen molar-refractivity contribution in [3.63, 3.8) is 0 Å². The van der Waals surface area contributed by atoms with E-state index in [2.05, 4.69) is 30.1 Å². The van der Waals surface area contributed by atoms with Gasteiger partial charge in [0.05, 0.1) is 18.8 Å². The van der Waals surface area contributed by atoms with Crippen LogP contribution in [-0.4, -0.2) is 48.3 Å². The molecule has 3 atom stereocenters. The summed E-state index contributed by atoms with van der Waals surface area (Å²) < 4.78 is 5.62. The Morgan fingerprint density at radius 3 is 2.76 bits per heavy atom. The van der Waals surface area contributed by atoms with Crippen LogP contribution in [-0.2, 0) is 4.74 Å². The largest absolute Gasteiger partial charge is 0.376 e. The van der Waals surface area contributed by atoms with Gasteiger partial charge in [-0.15, -0.1) is 0 Å². The standard InChI is InChI=1S/C13H23N3O/c1-10-7-17-11(2)6-16(10)9-13(3,8-14)15-12-4-5-12/h10-12,15H,4-7,9H2,1-3H3. The van der Waals surface area contributed by atoms with Gasteiger partial charge in [0.15, 0.2) is 0 Å². The number of hydrogen-bond donors (Lipinski definition) is 1. The van der Waals surface area contributed by atoms with Gasteiger partial charge in [-0.2, -0.15) is 5.26 Å². The molecule has 0 spiro atoms. The number of ether oxygens (including phenoxy) is 1. The first-order chi connectivity index (χ1) is 8.02. The third-order valence-corrected chi connectivity index (χ3v) is 3.60. The van der Waals surface area contributed by atoms with E-state index in [0.717, 1.165) is 19.7 Å². The summed E-state index contributed by atoms with van der Waals surface area (Å²) in [6, 6.07) is 3.40. The molecule has 0 aromatic heterocycles. The van der Waals surface area contributed by atoms with Gasteiger partial charge in [0.2, 0.25) is 0 Å². The summed E-state index contributed by atoms with van der Waals surface area (Å²) in [6.45, 7) is 8.75. The summed E-state index contributed by atoms with van der Waals surface area (Å²) >= 11 is 0. The van der Waals surface area contributed by atoms with Crippen LogP contribution in [0.2, 0.25) is 0 Å². The van der Waals surface area contributed by atoms with Crippen molar-refractivity contribution < 1.29 is 4.74 Å². The molecule has 1 heterocycles. The molecule has 2 fully saturated rings. The Bertz CT molecular complexity index is 310. The molecule has 1 saturated heterocycles. The second-order valence-electron chi connectivity index (χ2n) is 5.78. The van der Waals surface area contributed by atoms with Crippen LogP contribution in [0, 0.1) is 11.3 Å². The molecule has 0 amide bonds. The summed E-state index contributed by atoms with van der Waals surface area (Å²) in [5.74, 6) is 0. The fourth-order valence-electron chi connectivity index (χ4n) is 2.39. The van der Waals surface area contributed by atoms with Gasteiger partial charge in [0.25, 0.3) is 0 Å². The van der Waals surface area contributed by atoms with Crippen molar-refractivity contribution in [3.8, 4) is 6.07 Å². The zero-order valence-corrected chi connectivity index (χ0v) is 11.1. The third kappa shape index (κ3) is 3.41. The molecule has 0 aromatic rings. The highest BCUT2D eigenvalue weighted by molar-refractivity contribution is 5.09. The van der Waals surface area contributed by atoms with Gasteiger partial charge in [-0.05, 0) is 33.6 Å². The topological polar surface area (TPSA) is 48.3 Å². The molecule has 2 rings (SSSR count). The molecule has 1 aliphatic carbocycles. The van der Waals surface area contributed by atoms with Gasteiger partial charge in [-0.25, -0.2) is 0 Å². The SMILES string of the molecule is CC1CN(CC(C)(C#N)NC2CC2)C(C)CO1. The van der Waals surface area contributed by atoms with Crippen LogP contribution in [0.25, 0.3) is 0 Å². The number of nitrogens with zero attached hydrogens (tertiary/aromatic N) is 2. The monoisotopic (exact) mass is 237 g/mol. The van der Waals surface area contributed by atoms with Crippen LogP contribution in [0.3, 0.4) is 0 Å². The highest BCUT2D eigenvalue weighted by Crippen LogP contribution is 2.24. The zero-order valence-electron chi connectivity index (χ0n) is 11.1. The molecule has 17 heavy (non-hydrogen) atoms. The molecule has 0 bridgehead atoms. The first-order valence-corrected chi connectivity index (χ1v) is 6.57. The number of rotatable bonds is 4. The molecule has 1 aliphatic heterocycles. The maximum atomic E-state index is 9.37. The molecule has 1 N–H and O–H groups in total. The number of morpholine rings is 1. The second-order valence-corrected chi connectivity index (χ2v) is 5.78. The Balaban J connectivity index is 1.94. The van der Waals surface area contributed by atoms with Crippen molar-refractivity contribution in [2.24, 2.45) is 0 Å². The van der Waals surface area contributed by atoms with E-state index in [1.807, 2.05) is 6.92 Å². The van der Waals surface area contributed by atoms with Crippen molar-refractivity contribution >= 4 is 0 Å². The maximum absolute atomic E-state index is 9.37. The number of hydrogen-bond acceptors (Lipinski definition) is 4. The van der Waals surface area contributed by atoms with Crippen molar-refractivity contribution in [2.75, 3.05) is 19.7 Å². The second kappa shape index (κ2) is 4.93. The summed E-state index contributed by atoms with van der Waals surface area (Å²) in [5.41, 5.74) is -0.424. The van der Waals surface area contributed by atoms with Gasteiger partial charge in [-0.1, -0.05) is 0 Å². The van der Waals surface area contributed by atoms with Gasteiger partial charge in [0.1, 0.15) is 5.54 Å². The molecule has 0 radical (unpaired) electrons. The summed E-state index contributed by atoms with van der Waals surface area (Å²) in [6.07, 6.45) is 2.70. The number of nitrogens with one attached hydrogen (secondary N) is 1. The molecule has 3 unspecified atom stereocenters. The van der Waals surface area contributed by atoms with E-state index in [0.29, 0.717) is 12.1 Å². The summed E-state index contributed by atoms with van der Waals surface area (Å²) in [4.78, 5) is 2.37. The smallest absolute Gasteiger partial charge is 0.116 e. The predicted molar refractivity (Wildman–Crippen MR) is 66.6 cm³/mol. The third-order valence-electron chi connectivity index (χ3n) is 3.60. The van der Waals surface area contributed by atoms with Crippen LogP contribution in [0.4, 0.5) is 0 Å². The molecular formula is C13H23N3O. The van der Waals surface area contributed by atoms with Gasteiger partial charge in [0, 0.05) is 25.2 Å². The van der Waals surface area contributed by atoms with Crippen molar-refractivity contribution in [2.45, 2.75) is 57.3 Å². The maximum Gasteiger partial charge on any atom is 0.116 e. The van der Waals surface area contributed by atoms with Crippen LogP contribution in [0.5, 0.6) is 0 Å². The fraction of sp³-hybridized carbons (Fsp3) is 0.923. The average molecular weight is 237 g/mol. The van der Waals surface area contributed by atoms with Gasteiger partial charge < -0.3 is 4.74 Å². The van der Waals surface area contributed by atoms with Crippen molar-refractivity contribution in [3.05, 3.63) is 0 Å². The van der Waals surface area contributed by atoms with E-state index in [4.69, 9.17) is 4.74 Å². The summed E-state index contributed by atoms with van der Waals surface area (Å²) in [7, 11) is 0. The Morgan fingerprint density at radius 2 is 2.18 bits per heavy atom. The van der Waals surface area contributed by atoms with Gasteiger partial charge >= 0.3 is 0 Å². The highest BCUT2D eigenvalue weighted by Gasteiger charge is 2.36. The lowest BCUT2D eigenvalue weighted by atomic mass is 10.0. The molecule has 0 aromatic carbocycles.